The standard InChI is InChI=1S/C14H23NO/c1-5-14(16-4)9-7-12-10-13(15-3)8-6-11(12)2/h6,8,10,14-15H,5,7,9H2,1-4H3. The summed E-state index contributed by atoms with van der Waals surface area (Å²) in [4.78, 5) is 0. The lowest BCUT2D eigenvalue weighted by Gasteiger charge is -2.14. The maximum absolute atomic E-state index is 5.40. The summed E-state index contributed by atoms with van der Waals surface area (Å²) in [5.74, 6) is 0. The van der Waals surface area contributed by atoms with Gasteiger partial charge in [-0.05, 0) is 49.4 Å². The largest absolute Gasteiger partial charge is 0.388 e. The van der Waals surface area contributed by atoms with Crippen LogP contribution in [0.5, 0.6) is 0 Å². The fourth-order valence-electron chi connectivity index (χ4n) is 1.90. The molecule has 0 amide bonds. The van der Waals surface area contributed by atoms with Gasteiger partial charge >= 0.3 is 0 Å². The first-order valence-electron chi connectivity index (χ1n) is 6.01. The van der Waals surface area contributed by atoms with E-state index < -0.39 is 0 Å². The molecule has 1 unspecified atom stereocenters. The Labute approximate surface area is 99.0 Å². The van der Waals surface area contributed by atoms with Gasteiger partial charge in [0.05, 0.1) is 6.10 Å². The van der Waals surface area contributed by atoms with Gasteiger partial charge in [-0.15, -0.1) is 0 Å². The Morgan fingerprint density at radius 3 is 2.69 bits per heavy atom. The topological polar surface area (TPSA) is 21.3 Å². The second-order valence-electron chi connectivity index (χ2n) is 4.20. The number of benzene rings is 1. The van der Waals surface area contributed by atoms with E-state index in [0.29, 0.717) is 6.10 Å². The minimum atomic E-state index is 0.387. The fraction of sp³-hybridized carbons (Fsp3) is 0.571. The van der Waals surface area contributed by atoms with Crippen molar-refractivity contribution in [1.29, 1.82) is 0 Å². The van der Waals surface area contributed by atoms with Gasteiger partial charge in [0, 0.05) is 19.8 Å². The van der Waals surface area contributed by atoms with E-state index in [1.807, 2.05) is 7.05 Å². The minimum Gasteiger partial charge on any atom is -0.388 e. The number of ether oxygens (including phenoxy) is 1. The van der Waals surface area contributed by atoms with Crippen LogP contribution in [0.3, 0.4) is 0 Å². The van der Waals surface area contributed by atoms with Crippen LogP contribution in [-0.2, 0) is 11.2 Å². The van der Waals surface area contributed by atoms with Crippen molar-refractivity contribution >= 4 is 5.69 Å². The molecule has 90 valence electrons. The molecule has 0 aromatic heterocycles. The third-order valence-corrected chi connectivity index (χ3v) is 3.16. The molecule has 0 fully saturated rings. The molecular weight excluding hydrogens is 198 g/mol. The summed E-state index contributed by atoms with van der Waals surface area (Å²) in [6.07, 6.45) is 3.66. The van der Waals surface area contributed by atoms with Crippen molar-refractivity contribution in [1.82, 2.24) is 0 Å². The number of nitrogens with one attached hydrogen (secondary N) is 1. The zero-order chi connectivity index (χ0) is 12.0. The number of methoxy groups -OCH3 is 1. The molecule has 2 heteroatoms. The van der Waals surface area contributed by atoms with E-state index in [0.717, 1.165) is 19.3 Å². The van der Waals surface area contributed by atoms with Gasteiger partial charge < -0.3 is 10.1 Å². The van der Waals surface area contributed by atoms with Crippen molar-refractivity contribution in [3.63, 3.8) is 0 Å². The molecule has 1 rings (SSSR count). The van der Waals surface area contributed by atoms with Crippen molar-refractivity contribution in [2.75, 3.05) is 19.5 Å². The molecule has 0 bridgehead atoms. The average Bonchev–Trinajstić information content (AvgIpc) is 2.32. The molecule has 0 saturated heterocycles. The Balaban J connectivity index is 2.65. The highest BCUT2D eigenvalue weighted by atomic mass is 16.5. The first-order valence-corrected chi connectivity index (χ1v) is 6.01. The first-order chi connectivity index (χ1) is 7.71. The summed E-state index contributed by atoms with van der Waals surface area (Å²) >= 11 is 0. The van der Waals surface area contributed by atoms with E-state index >= 15 is 0 Å². The average molecular weight is 221 g/mol. The van der Waals surface area contributed by atoms with Crippen LogP contribution in [0, 0.1) is 6.92 Å². The normalized spacial score (nSPS) is 12.5. The first kappa shape index (κ1) is 13.0. The third kappa shape index (κ3) is 3.53. The highest BCUT2D eigenvalue weighted by Gasteiger charge is 2.06. The molecule has 0 saturated carbocycles. The van der Waals surface area contributed by atoms with Crippen LogP contribution >= 0.6 is 0 Å². The molecule has 16 heavy (non-hydrogen) atoms. The van der Waals surface area contributed by atoms with E-state index in [4.69, 9.17) is 4.74 Å². The van der Waals surface area contributed by atoms with Crippen molar-refractivity contribution < 1.29 is 4.74 Å². The number of anilines is 1. The maximum atomic E-state index is 5.40. The van der Waals surface area contributed by atoms with Crippen molar-refractivity contribution in [2.45, 2.75) is 39.2 Å². The van der Waals surface area contributed by atoms with Crippen LogP contribution in [0.4, 0.5) is 5.69 Å². The number of hydrogen-bond acceptors (Lipinski definition) is 2. The van der Waals surface area contributed by atoms with Crippen molar-refractivity contribution in [2.24, 2.45) is 0 Å². The lowest BCUT2D eigenvalue weighted by Crippen LogP contribution is -2.10. The molecule has 0 spiro atoms. The van der Waals surface area contributed by atoms with Gasteiger partial charge in [-0.3, -0.25) is 0 Å². The second-order valence-corrected chi connectivity index (χ2v) is 4.20. The Morgan fingerprint density at radius 2 is 2.12 bits per heavy atom. The van der Waals surface area contributed by atoms with Crippen molar-refractivity contribution in [3.05, 3.63) is 29.3 Å². The molecule has 2 nitrogen and oxygen atoms in total. The molecule has 0 aliphatic heterocycles. The minimum absolute atomic E-state index is 0.387. The summed E-state index contributed by atoms with van der Waals surface area (Å²) in [5.41, 5.74) is 3.97. The molecular formula is C14H23NO. The smallest absolute Gasteiger partial charge is 0.0571 e. The van der Waals surface area contributed by atoms with E-state index in [2.05, 4.69) is 37.4 Å². The van der Waals surface area contributed by atoms with Crippen LogP contribution < -0.4 is 5.32 Å². The number of aryl methyl sites for hydroxylation is 2. The molecule has 0 heterocycles. The number of rotatable bonds is 6. The molecule has 0 radical (unpaired) electrons. The van der Waals surface area contributed by atoms with Crippen LogP contribution in [0.15, 0.2) is 18.2 Å². The van der Waals surface area contributed by atoms with Gasteiger partial charge in [-0.2, -0.15) is 0 Å². The molecule has 1 aromatic carbocycles. The van der Waals surface area contributed by atoms with Gasteiger partial charge in [-0.1, -0.05) is 13.0 Å². The van der Waals surface area contributed by atoms with Gasteiger partial charge in [0.25, 0.3) is 0 Å². The highest BCUT2D eigenvalue weighted by Crippen LogP contribution is 2.18. The summed E-state index contributed by atoms with van der Waals surface area (Å²) in [5, 5.41) is 3.18. The lowest BCUT2D eigenvalue weighted by atomic mass is 10.0. The molecule has 1 aromatic rings. The highest BCUT2D eigenvalue weighted by molar-refractivity contribution is 5.48. The molecule has 0 aliphatic carbocycles. The van der Waals surface area contributed by atoms with Crippen LogP contribution in [0.25, 0.3) is 0 Å². The molecule has 1 atom stereocenters. The number of hydrogen-bond donors (Lipinski definition) is 1. The van der Waals surface area contributed by atoms with Gasteiger partial charge in [0.2, 0.25) is 0 Å². The summed E-state index contributed by atoms with van der Waals surface area (Å²) in [6, 6.07) is 6.53. The predicted molar refractivity (Wildman–Crippen MR) is 70.1 cm³/mol. The molecule has 1 N–H and O–H groups in total. The van der Waals surface area contributed by atoms with Gasteiger partial charge in [0.15, 0.2) is 0 Å². The zero-order valence-corrected chi connectivity index (χ0v) is 10.8. The Hall–Kier alpha value is -1.02. The monoisotopic (exact) mass is 221 g/mol. The van der Waals surface area contributed by atoms with Crippen molar-refractivity contribution in [3.8, 4) is 0 Å². The van der Waals surface area contributed by atoms with Gasteiger partial charge in [0.1, 0.15) is 0 Å². The maximum Gasteiger partial charge on any atom is 0.0571 e. The van der Waals surface area contributed by atoms with Gasteiger partial charge in [-0.25, -0.2) is 0 Å². The Kier molecular flexibility index (Phi) is 5.33. The predicted octanol–water partition coefficient (Wildman–Crippen LogP) is 3.39. The summed E-state index contributed by atoms with van der Waals surface area (Å²) in [7, 11) is 3.75. The van der Waals surface area contributed by atoms with Crippen LogP contribution in [0.1, 0.15) is 30.9 Å². The Bertz CT molecular complexity index is 319. The van der Waals surface area contributed by atoms with E-state index in [9.17, 15) is 0 Å². The second kappa shape index (κ2) is 6.54. The quantitative estimate of drug-likeness (QED) is 0.795. The van der Waals surface area contributed by atoms with Crippen LogP contribution in [0.2, 0.25) is 0 Å². The Morgan fingerprint density at radius 1 is 1.38 bits per heavy atom. The van der Waals surface area contributed by atoms with E-state index in [-0.39, 0.29) is 0 Å². The summed E-state index contributed by atoms with van der Waals surface area (Å²) in [6.45, 7) is 4.34. The van der Waals surface area contributed by atoms with E-state index in [1.54, 1.807) is 7.11 Å². The summed E-state index contributed by atoms with van der Waals surface area (Å²) < 4.78 is 5.40. The van der Waals surface area contributed by atoms with Crippen LogP contribution in [-0.4, -0.2) is 20.3 Å². The zero-order valence-electron chi connectivity index (χ0n) is 10.8. The fourth-order valence-corrected chi connectivity index (χ4v) is 1.90. The SMILES string of the molecule is CCC(CCc1cc(NC)ccc1C)OC. The lowest BCUT2D eigenvalue weighted by molar-refractivity contribution is 0.0924. The third-order valence-electron chi connectivity index (χ3n) is 3.16. The van der Waals surface area contributed by atoms with E-state index in [1.165, 1.54) is 16.8 Å². The molecule has 0 aliphatic rings.